The third-order valence-corrected chi connectivity index (χ3v) is 7.53. The van der Waals surface area contributed by atoms with Crippen molar-refractivity contribution < 1.29 is 0 Å². The topological polar surface area (TPSA) is 4.93 Å². The third kappa shape index (κ3) is 2.53. The van der Waals surface area contributed by atoms with E-state index in [4.69, 9.17) is 0 Å². The Morgan fingerprint density at radius 2 is 1.14 bits per heavy atom. The molecule has 0 bridgehead atoms. The zero-order valence-corrected chi connectivity index (χ0v) is 19.1. The molecule has 162 valence electrons. The quantitative estimate of drug-likeness (QED) is 0.251. The predicted octanol–water partition coefficient (Wildman–Crippen LogP) is 9.25. The van der Waals surface area contributed by atoms with Crippen LogP contribution in [0.4, 0.5) is 0 Å². The molecule has 1 aromatic heterocycles. The number of aromatic nitrogens is 1. The minimum absolute atomic E-state index is 1.19. The van der Waals surface area contributed by atoms with Gasteiger partial charge in [0.1, 0.15) is 0 Å². The largest absolute Gasteiger partial charge is 0.309 e. The molecule has 1 heterocycles. The molecule has 0 N–H and O–H groups in total. The molecular weight excluding hydrogens is 422 g/mol. The summed E-state index contributed by atoms with van der Waals surface area (Å²) in [6.45, 7) is 0. The highest BCUT2D eigenvalue weighted by Gasteiger charge is 2.26. The molecule has 1 aliphatic rings. The Kier molecular flexibility index (Phi) is 3.72. The highest BCUT2D eigenvalue weighted by molar-refractivity contribution is 6.24. The Balaban J connectivity index is 1.47. The van der Waals surface area contributed by atoms with Crippen LogP contribution >= 0.6 is 0 Å². The minimum atomic E-state index is 1.19. The number of hydrogen-bond donors (Lipinski definition) is 0. The lowest BCUT2D eigenvalue weighted by Gasteiger charge is -2.13. The summed E-state index contributed by atoms with van der Waals surface area (Å²) >= 11 is 0. The first-order chi connectivity index (χ1) is 17.4. The second kappa shape index (κ2) is 6.94. The van der Waals surface area contributed by atoms with Gasteiger partial charge in [-0.15, -0.1) is 0 Å². The summed E-state index contributed by atoms with van der Waals surface area (Å²) < 4.78 is 2.46. The van der Waals surface area contributed by atoms with Crippen LogP contribution in [0.15, 0.2) is 127 Å². The number of benzene rings is 6. The van der Waals surface area contributed by atoms with Crippen molar-refractivity contribution >= 4 is 32.6 Å². The van der Waals surface area contributed by atoms with Crippen LogP contribution in [0.2, 0.25) is 0 Å². The molecule has 8 rings (SSSR count). The summed E-state index contributed by atoms with van der Waals surface area (Å²) in [5, 5.41) is 5.27. The number of rotatable bonds is 2. The van der Waals surface area contributed by atoms with Crippen molar-refractivity contribution in [2.45, 2.75) is 0 Å². The molecule has 1 heteroatoms. The van der Waals surface area contributed by atoms with Crippen LogP contribution in [-0.4, -0.2) is 4.57 Å². The lowest BCUT2D eigenvalue weighted by molar-refractivity contribution is 1.18. The third-order valence-electron chi connectivity index (χ3n) is 7.53. The monoisotopic (exact) mass is 443 g/mol. The van der Waals surface area contributed by atoms with Gasteiger partial charge in [-0.1, -0.05) is 109 Å². The summed E-state index contributed by atoms with van der Waals surface area (Å²) in [7, 11) is 0. The Morgan fingerprint density at radius 3 is 1.97 bits per heavy atom. The van der Waals surface area contributed by atoms with E-state index in [1.54, 1.807) is 0 Å². The van der Waals surface area contributed by atoms with Gasteiger partial charge in [-0.05, 0) is 56.8 Å². The van der Waals surface area contributed by atoms with E-state index >= 15 is 0 Å². The van der Waals surface area contributed by atoms with Gasteiger partial charge in [-0.25, -0.2) is 0 Å². The molecule has 0 saturated heterocycles. The molecule has 0 unspecified atom stereocenters. The Morgan fingerprint density at radius 1 is 0.429 bits per heavy atom. The first kappa shape index (κ1) is 18.8. The van der Waals surface area contributed by atoms with Crippen LogP contribution in [0.25, 0.3) is 71.6 Å². The minimum Gasteiger partial charge on any atom is -0.309 e. The predicted molar refractivity (Wildman–Crippen MR) is 148 cm³/mol. The zero-order valence-electron chi connectivity index (χ0n) is 19.1. The zero-order chi connectivity index (χ0) is 22.9. The van der Waals surface area contributed by atoms with E-state index in [0.29, 0.717) is 0 Å². The molecule has 0 atom stereocenters. The Labute approximate surface area is 203 Å². The average Bonchev–Trinajstić information content (AvgIpc) is 3.44. The van der Waals surface area contributed by atoms with Crippen molar-refractivity contribution in [3.8, 4) is 39.1 Å². The summed E-state index contributed by atoms with van der Waals surface area (Å²) in [4.78, 5) is 0. The van der Waals surface area contributed by atoms with Crippen molar-refractivity contribution in [3.63, 3.8) is 0 Å². The fraction of sp³-hybridized carbons (Fsp3) is 0. The number of hydrogen-bond acceptors (Lipinski definition) is 0. The van der Waals surface area contributed by atoms with E-state index in [1.807, 2.05) is 0 Å². The lowest BCUT2D eigenvalue weighted by atomic mass is 10.00. The highest BCUT2D eigenvalue weighted by atomic mass is 15.0. The van der Waals surface area contributed by atoms with Crippen molar-refractivity contribution in [2.75, 3.05) is 0 Å². The molecule has 0 aliphatic heterocycles. The summed E-state index contributed by atoms with van der Waals surface area (Å²) in [5.74, 6) is 0. The Hall–Kier alpha value is -4.62. The Bertz CT molecular complexity index is 1920. The van der Waals surface area contributed by atoms with Gasteiger partial charge in [0.05, 0.1) is 11.0 Å². The summed E-state index contributed by atoms with van der Waals surface area (Å²) in [5.41, 5.74) is 11.5. The van der Waals surface area contributed by atoms with Crippen molar-refractivity contribution in [1.82, 2.24) is 4.57 Å². The standard InChI is InChI=1S/C34H21N/c1-2-8-22(9-3-1)23-16-18-25(19-17-23)35-31-15-5-4-12-26(31)29-21-20-28-27-13-6-10-24-11-7-14-30(32(24)27)33(28)34(29)35/h1-21H. The maximum atomic E-state index is 2.46. The molecule has 0 amide bonds. The molecule has 0 saturated carbocycles. The number of nitrogens with zero attached hydrogens (tertiary/aromatic N) is 1. The molecule has 0 spiro atoms. The fourth-order valence-corrected chi connectivity index (χ4v) is 6.03. The first-order valence-corrected chi connectivity index (χ1v) is 12.1. The molecule has 6 aromatic carbocycles. The fourth-order valence-electron chi connectivity index (χ4n) is 6.03. The number of para-hydroxylation sites is 1. The molecule has 0 fully saturated rings. The van der Waals surface area contributed by atoms with E-state index in [-0.39, 0.29) is 0 Å². The molecule has 1 nitrogen and oxygen atoms in total. The molecular formula is C34H21N. The van der Waals surface area contributed by atoms with Crippen LogP contribution in [0, 0.1) is 0 Å². The summed E-state index contributed by atoms with van der Waals surface area (Å²) in [6, 6.07) is 46.4. The van der Waals surface area contributed by atoms with Gasteiger partial charge < -0.3 is 4.57 Å². The van der Waals surface area contributed by atoms with Gasteiger partial charge in [0.2, 0.25) is 0 Å². The highest BCUT2D eigenvalue weighted by Crippen LogP contribution is 2.51. The van der Waals surface area contributed by atoms with Gasteiger partial charge in [0.15, 0.2) is 0 Å². The average molecular weight is 444 g/mol. The maximum Gasteiger partial charge on any atom is 0.0625 e. The molecule has 1 aliphatic carbocycles. The van der Waals surface area contributed by atoms with Crippen molar-refractivity contribution in [3.05, 3.63) is 127 Å². The second-order valence-electron chi connectivity index (χ2n) is 9.36. The second-order valence-corrected chi connectivity index (χ2v) is 9.36. The normalized spacial score (nSPS) is 12.0. The van der Waals surface area contributed by atoms with Crippen LogP contribution < -0.4 is 0 Å². The van der Waals surface area contributed by atoms with Crippen LogP contribution in [0.1, 0.15) is 0 Å². The van der Waals surface area contributed by atoms with E-state index in [9.17, 15) is 0 Å². The van der Waals surface area contributed by atoms with Gasteiger partial charge in [0, 0.05) is 22.0 Å². The smallest absolute Gasteiger partial charge is 0.0625 e. The molecule has 35 heavy (non-hydrogen) atoms. The van der Waals surface area contributed by atoms with Gasteiger partial charge >= 0.3 is 0 Å². The van der Waals surface area contributed by atoms with Gasteiger partial charge in [0.25, 0.3) is 0 Å². The van der Waals surface area contributed by atoms with Crippen LogP contribution in [-0.2, 0) is 0 Å². The van der Waals surface area contributed by atoms with Crippen molar-refractivity contribution in [1.29, 1.82) is 0 Å². The molecule has 7 aromatic rings. The lowest BCUT2D eigenvalue weighted by Crippen LogP contribution is -1.95. The van der Waals surface area contributed by atoms with Crippen molar-refractivity contribution in [2.24, 2.45) is 0 Å². The number of fused-ring (bicyclic) bond motifs is 7. The summed E-state index contributed by atoms with van der Waals surface area (Å²) in [6.07, 6.45) is 0. The van der Waals surface area contributed by atoms with E-state index in [0.717, 1.165) is 0 Å². The van der Waals surface area contributed by atoms with Crippen LogP contribution in [0.3, 0.4) is 0 Å². The SMILES string of the molecule is c1ccc(-c2ccc(-n3c4ccccc4c4ccc5c(c43)-c3cccc4cccc-5c34)cc2)cc1. The van der Waals surface area contributed by atoms with Gasteiger partial charge in [-0.3, -0.25) is 0 Å². The van der Waals surface area contributed by atoms with E-state index in [1.165, 1.54) is 71.6 Å². The molecule has 0 radical (unpaired) electrons. The van der Waals surface area contributed by atoms with E-state index < -0.39 is 0 Å². The van der Waals surface area contributed by atoms with E-state index in [2.05, 4.69) is 132 Å². The maximum absolute atomic E-state index is 2.46. The van der Waals surface area contributed by atoms with Crippen LogP contribution in [0.5, 0.6) is 0 Å². The first-order valence-electron chi connectivity index (χ1n) is 12.1. The van der Waals surface area contributed by atoms with Gasteiger partial charge in [-0.2, -0.15) is 0 Å².